The van der Waals surface area contributed by atoms with Crippen molar-refractivity contribution in [3.05, 3.63) is 0 Å². The Hall–Kier alpha value is -0.590. The van der Waals surface area contributed by atoms with Gasteiger partial charge < -0.3 is 10.1 Å². The Morgan fingerprint density at radius 1 is 1.73 bits per heavy atom. The summed E-state index contributed by atoms with van der Waals surface area (Å²) in [6.07, 6.45) is 1.89. The van der Waals surface area contributed by atoms with Gasteiger partial charge in [0.2, 0.25) is 0 Å². The molecule has 0 aliphatic carbocycles. The first-order valence-electron chi connectivity index (χ1n) is 4.11. The fourth-order valence-electron chi connectivity index (χ4n) is 1.22. The number of rotatable bonds is 1. The quantitative estimate of drug-likeness (QED) is 0.603. The monoisotopic (exact) mass is 154 g/mol. The van der Waals surface area contributed by atoms with Crippen molar-refractivity contribution < 1.29 is 4.74 Å². The van der Waals surface area contributed by atoms with Crippen LogP contribution in [0.1, 0.15) is 19.8 Å². The first-order chi connectivity index (χ1) is 5.36. The summed E-state index contributed by atoms with van der Waals surface area (Å²) in [4.78, 5) is 0. The van der Waals surface area contributed by atoms with E-state index in [4.69, 9.17) is 10.00 Å². The van der Waals surface area contributed by atoms with E-state index in [1.807, 2.05) is 0 Å². The van der Waals surface area contributed by atoms with Crippen LogP contribution in [0, 0.1) is 11.3 Å². The molecule has 2 atom stereocenters. The normalized spacial score (nSPS) is 32.4. The highest BCUT2D eigenvalue weighted by molar-refractivity contribution is 4.88. The van der Waals surface area contributed by atoms with Gasteiger partial charge in [-0.2, -0.15) is 5.26 Å². The van der Waals surface area contributed by atoms with E-state index < -0.39 is 0 Å². The van der Waals surface area contributed by atoms with Crippen molar-refractivity contribution in [2.24, 2.45) is 0 Å². The zero-order chi connectivity index (χ0) is 8.10. The lowest BCUT2D eigenvalue weighted by molar-refractivity contribution is 0.104. The van der Waals surface area contributed by atoms with Crippen molar-refractivity contribution in [3.8, 4) is 6.07 Å². The predicted molar refractivity (Wildman–Crippen MR) is 42.1 cm³/mol. The molecular formula is C8H14N2O. The predicted octanol–water partition coefficient (Wildman–Crippen LogP) is 0.667. The number of nitriles is 1. The van der Waals surface area contributed by atoms with E-state index in [0.717, 1.165) is 12.8 Å². The number of hydrogen-bond acceptors (Lipinski definition) is 3. The Morgan fingerprint density at radius 3 is 3.18 bits per heavy atom. The van der Waals surface area contributed by atoms with Crippen molar-refractivity contribution in [1.82, 2.24) is 5.32 Å². The van der Waals surface area contributed by atoms with Gasteiger partial charge in [0.25, 0.3) is 0 Å². The highest BCUT2D eigenvalue weighted by atomic mass is 16.5. The van der Waals surface area contributed by atoms with E-state index in [1.165, 1.54) is 0 Å². The van der Waals surface area contributed by atoms with Crippen molar-refractivity contribution in [2.75, 3.05) is 13.2 Å². The fraction of sp³-hybridized carbons (Fsp3) is 0.875. The Kier molecular flexibility index (Phi) is 3.34. The second-order valence-electron chi connectivity index (χ2n) is 2.79. The Bertz CT molecular complexity index is 153. The van der Waals surface area contributed by atoms with Crippen LogP contribution in [-0.4, -0.2) is 25.3 Å². The molecule has 3 heteroatoms. The molecule has 1 saturated heterocycles. The molecular weight excluding hydrogens is 140 g/mol. The third-order valence-electron chi connectivity index (χ3n) is 2.01. The standard InChI is InChI=1S/C8H14N2O/c1-2-7-3-4-11-8(5-9)6-10-7/h7-8,10H,2-4,6H2,1H3. The smallest absolute Gasteiger partial charge is 0.156 e. The van der Waals surface area contributed by atoms with Gasteiger partial charge >= 0.3 is 0 Å². The molecule has 62 valence electrons. The number of nitrogens with one attached hydrogen (secondary N) is 1. The van der Waals surface area contributed by atoms with E-state index >= 15 is 0 Å². The molecule has 1 aliphatic rings. The summed E-state index contributed by atoms with van der Waals surface area (Å²) in [6, 6.07) is 2.64. The van der Waals surface area contributed by atoms with E-state index in [2.05, 4.69) is 18.3 Å². The maximum absolute atomic E-state index is 8.56. The maximum atomic E-state index is 8.56. The molecule has 2 unspecified atom stereocenters. The van der Waals surface area contributed by atoms with Gasteiger partial charge in [0.15, 0.2) is 6.10 Å². The minimum atomic E-state index is -0.244. The lowest BCUT2D eigenvalue weighted by Gasteiger charge is -2.10. The third kappa shape index (κ3) is 2.49. The lowest BCUT2D eigenvalue weighted by atomic mass is 10.2. The summed E-state index contributed by atoms with van der Waals surface area (Å²) in [6.45, 7) is 3.53. The topological polar surface area (TPSA) is 45.0 Å². The molecule has 1 aliphatic heterocycles. The summed E-state index contributed by atoms with van der Waals surface area (Å²) in [5.74, 6) is 0. The maximum Gasteiger partial charge on any atom is 0.156 e. The highest BCUT2D eigenvalue weighted by Gasteiger charge is 2.15. The van der Waals surface area contributed by atoms with Crippen LogP contribution in [0.25, 0.3) is 0 Å². The van der Waals surface area contributed by atoms with Crippen molar-refractivity contribution >= 4 is 0 Å². The molecule has 1 fully saturated rings. The Labute approximate surface area is 67.3 Å². The van der Waals surface area contributed by atoms with Crippen LogP contribution in [0.5, 0.6) is 0 Å². The number of hydrogen-bond donors (Lipinski definition) is 1. The summed E-state index contributed by atoms with van der Waals surface area (Å²) in [5.41, 5.74) is 0. The van der Waals surface area contributed by atoms with Crippen LogP contribution in [0.15, 0.2) is 0 Å². The van der Waals surface area contributed by atoms with Crippen LogP contribution < -0.4 is 5.32 Å². The molecule has 0 amide bonds. The zero-order valence-corrected chi connectivity index (χ0v) is 6.84. The van der Waals surface area contributed by atoms with Gasteiger partial charge in [-0.15, -0.1) is 0 Å². The molecule has 1 heterocycles. The highest BCUT2D eigenvalue weighted by Crippen LogP contribution is 2.04. The third-order valence-corrected chi connectivity index (χ3v) is 2.01. The summed E-state index contributed by atoms with van der Waals surface area (Å²) < 4.78 is 5.26. The first kappa shape index (κ1) is 8.51. The average molecular weight is 154 g/mol. The zero-order valence-electron chi connectivity index (χ0n) is 6.84. The minimum absolute atomic E-state index is 0.244. The number of nitrogens with zero attached hydrogens (tertiary/aromatic N) is 1. The van der Waals surface area contributed by atoms with Crippen molar-refractivity contribution in [2.45, 2.75) is 31.9 Å². The van der Waals surface area contributed by atoms with Gasteiger partial charge in [-0.1, -0.05) is 6.92 Å². The average Bonchev–Trinajstić information content (AvgIpc) is 2.28. The largest absolute Gasteiger partial charge is 0.362 e. The molecule has 0 radical (unpaired) electrons. The molecule has 11 heavy (non-hydrogen) atoms. The summed E-state index contributed by atoms with van der Waals surface area (Å²) >= 11 is 0. The molecule has 0 saturated carbocycles. The number of ether oxygens (including phenoxy) is 1. The molecule has 1 N–H and O–H groups in total. The molecule has 1 rings (SSSR count). The van der Waals surface area contributed by atoms with Crippen LogP contribution in [0.3, 0.4) is 0 Å². The minimum Gasteiger partial charge on any atom is -0.362 e. The molecule has 0 spiro atoms. The first-order valence-corrected chi connectivity index (χ1v) is 4.11. The van der Waals surface area contributed by atoms with Gasteiger partial charge in [-0.25, -0.2) is 0 Å². The summed E-state index contributed by atoms with van der Waals surface area (Å²) in [7, 11) is 0. The lowest BCUT2D eigenvalue weighted by Crippen LogP contribution is -2.31. The van der Waals surface area contributed by atoms with Crippen molar-refractivity contribution in [3.63, 3.8) is 0 Å². The van der Waals surface area contributed by atoms with Crippen LogP contribution in [-0.2, 0) is 4.74 Å². The molecule has 3 nitrogen and oxygen atoms in total. The van der Waals surface area contributed by atoms with Gasteiger partial charge in [-0.05, 0) is 12.8 Å². The van der Waals surface area contributed by atoms with E-state index in [1.54, 1.807) is 0 Å². The summed E-state index contributed by atoms with van der Waals surface area (Å²) in [5, 5.41) is 11.8. The fourth-order valence-corrected chi connectivity index (χ4v) is 1.22. The SMILES string of the molecule is CCC1CCOC(C#N)CN1. The molecule has 0 aromatic carbocycles. The van der Waals surface area contributed by atoms with Gasteiger partial charge in [0.1, 0.15) is 0 Å². The van der Waals surface area contributed by atoms with E-state index in [9.17, 15) is 0 Å². The van der Waals surface area contributed by atoms with Crippen molar-refractivity contribution in [1.29, 1.82) is 5.26 Å². The Morgan fingerprint density at radius 2 is 2.55 bits per heavy atom. The van der Waals surface area contributed by atoms with Gasteiger partial charge in [0.05, 0.1) is 6.07 Å². The van der Waals surface area contributed by atoms with Crippen LogP contribution in [0.2, 0.25) is 0 Å². The molecule has 0 aromatic rings. The Balaban J connectivity index is 2.34. The molecule has 0 bridgehead atoms. The molecule has 0 aromatic heterocycles. The second kappa shape index (κ2) is 4.32. The van der Waals surface area contributed by atoms with Gasteiger partial charge in [0, 0.05) is 19.2 Å². The van der Waals surface area contributed by atoms with E-state index in [-0.39, 0.29) is 6.10 Å². The van der Waals surface area contributed by atoms with Crippen LogP contribution >= 0.6 is 0 Å². The van der Waals surface area contributed by atoms with E-state index in [0.29, 0.717) is 19.2 Å². The van der Waals surface area contributed by atoms with Crippen LogP contribution in [0.4, 0.5) is 0 Å². The second-order valence-corrected chi connectivity index (χ2v) is 2.79. The van der Waals surface area contributed by atoms with Gasteiger partial charge in [-0.3, -0.25) is 0 Å².